The quantitative estimate of drug-likeness (QED) is 0.452. The number of methoxy groups -OCH3 is 1. The average Bonchev–Trinajstić information content (AvgIpc) is 2.75. The molecular formula is C13H16N4O6. The Balaban J connectivity index is 2.47. The predicted molar refractivity (Wildman–Crippen MR) is 80.3 cm³/mol. The first-order valence-electron chi connectivity index (χ1n) is 6.58. The lowest BCUT2D eigenvalue weighted by molar-refractivity contribution is -0.385. The Labute approximate surface area is 130 Å². The number of carbonyl (C=O) groups is 1. The molecule has 0 saturated carbocycles. The highest BCUT2D eigenvalue weighted by atomic mass is 16.6. The SMILES string of the molecule is COC(=O)C(N)COc1cc2c(cc1[N+](=O)[O-])n(C)c(=O)n2C. The van der Waals surface area contributed by atoms with Gasteiger partial charge in [0.2, 0.25) is 0 Å². The van der Waals surface area contributed by atoms with E-state index in [1.165, 1.54) is 35.4 Å². The Morgan fingerprint density at radius 2 is 1.91 bits per heavy atom. The van der Waals surface area contributed by atoms with Crippen LogP contribution in [0.15, 0.2) is 16.9 Å². The van der Waals surface area contributed by atoms with Crippen LogP contribution < -0.4 is 16.2 Å². The van der Waals surface area contributed by atoms with Crippen LogP contribution >= 0.6 is 0 Å². The second kappa shape index (κ2) is 6.08. The highest BCUT2D eigenvalue weighted by Crippen LogP contribution is 2.31. The standard InChI is InChI=1S/C13H16N4O6/c1-15-8-4-10(17(20)21)11(5-9(8)16(2)13(15)19)23-6-7(14)12(18)22-3/h4-5,7H,6,14H2,1-3H3. The van der Waals surface area contributed by atoms with E-state index in [1.54, 1.807) is 7.05 Å². The number of carbonyl (C=O) groups excluding carboxylic acids is 1. The number of imidazole rings is 1. The summed E-state index contributed by atoms with van der Waals surface area (Å²) in [6, 6.07) is 1.55. The molecule has 2 N–H and O–H groups in total. The van der Waals surface area contributed by atoms with Crippen molar-refractivity contribution in [3.05, 3.63) is 32.7 Å². The monoisotopic (exact) mass is 324 g/mol. The van der Waals surface area contributed by atoms with Crippen molar-refractivity contribution in [1.82, 2.24) is 9.13 Å². The van der Waals surface area contributed by atoms with Crippen molar-refractivity contribution in [2.45, 2.75) is 6.04 Å². The van der Waals surface area contributed by atoms with Crippen molar-refractivity contribution in [3.8, 4) is 5.75 Å². The highest BCUT2D eigenvalue weighted by Gasteiger charge is 2.22. The molecule has 10 nitrogen and oxygen atoms in total. The van der Waals surface area contributed by atoms with Gasteiger partial charge in [-0.1, -0.05) is 0 Å². The molecule has 124 valence electrons. The van der Waals surface area contributed by atoms with E-state index in [4.69, 9.17) is 10.5 Å². The lowest BCUT2D eigenvalue weighted by atomic mass is 10.2. The van der Waals surface area contributed by atoms with E-state index in [0.717, 1.165) is 0 Å². The van der Waals surface area contributed by atoms with Gasteiger partial charge in [0.1, 0.15) is 12.6 Å². The molecule has 0 bridgehead atoms. The minimum atomic E-state index is -1.07. The van der Waals surface area contributed by atoms with Crippen molar-refractivity contribution in [2.75, 3.05) is 13.7 Å². The topological polar surface area (TPSA) is 132 Å². The summed E-state index contributed by atoms with van der Waals surface area (Å²) in [5.74, 6) is -0.774. The number of esters is 1. The van der Waals surface area contributed by atoms with Crippen molar-refractivity contribution in [2.24, 2.45) is 19.8 Å². The van der Waals surface area contributed by atoms with E-state index in [9.17, 15) is 19.7 Å². The number of ether oxygens (including phenoxy) is 2. The maximum atomic E-state index is 11.9. The molecule has 0 aliphatic rings. The highest BCUT2D eigenvalue weighted by molar-refractivity contribution is 5.82. The van der Waals surface area contributed by atoms with E-state index < -0.39 is 16.9 Å². The van der Waals surface area contributed by atoms with Gasteiger partial charge in [0.05, 0.1) is 23.1 Å². The molecule has 1 aromatic heterocycles. The van der Waals surface area contributed by atoms with Crippen molar-refractivity contribution >= 4 is 22.7 Å². The molecule has 0 radical (unpaired) electrons. The third-order valence-corrected chi connectivity index (χ3v) is 3.47. The van der Waals surface area contributed by atoms with Crippen LogP contribution in [0, 0.1) is 10.1 Å². The summed E-state index contributed by atoms with van der Waals surface area (Å²) in [5, 5.41) is 11.2. The Morgan fingerprint density at radius 1 is 1.35 bits per heavy atom. The number of hydrogen-bond donors (Lipinski definition) is 1. The van der Waals surface area contributed by atoms with Crippen molar-refractivity contribution < 1.29 is 19.2 Å². The van der Waals surface area contributed by atoms with Crippen LogP contribution in [-0.2, 0) is 23.6 Å². The fourth-order valence-electron chi connectivity index (χ4n) is 2.17. The first kappa shape index (κ1) is 16.5. The third kappa shape index (κ3) is 2.88. The second-order valence-corrected chi connectivity index (χ2v) is 4.91. The lowest BCUT2D eigenvalue weighted by Gasteiger charge is -2.11. The molecular weight excluding hydrogens is 308 g/mol. The molecule has 2 aromatic rings. The molecule has 10 heteroatoms. The van der Waals surface area contributed by atoms with E-state index in [1.807, 2.05) is 0 Å². The summed E-state index contributed by atoms with van der Waals surface area (Å²) < 4.78 is 12.4. The predicted octanol–water partition coefficient (Wildman–Crippen LogP) is -0.336. The lowest BCUT2D eigenvalue weighted by Crippen LogP contribution is -2.37. The number of nitro benzene ring substituents is 1. The molecule has 1 unspecified atom stereocenters. The van der Waals surface area contributed by atoms with Gasteiger partial charge in [-0.05, 0) is 0 Å². The molecule has 1 heterocycles. The van der Waals surface area contributed by atoms with E-state index in [0.29, 0.717) is 11.0 Å². The smallest absolute Gasteiger partial charge is 0.328 e. The number of fused-ring (bicyclic) bond motifs is 1. The van der Waals surface area contributed by atoms with E-state index in [-0.39, 0.29) is 23.7 Å². The number of nitrogens with zero attached hydrogens (tertiary/aromatic N) is 3. The van der Waals surface area contributed by atoms with Crippen LogP contribution in [-0.4, -0.2) is 39.8 Å². The zero-order valence-corrected chi connectivity index (χ0v) is 12.8. The summed E-state index contributed by atoms with van der Waals surface area (Å²) in [6.45, 7) is -0.292. The minimum Gasteiger partial charge on any atom is -0.484 e. The zero-order chi connectivity index (χ0) is 17.3. The fourth-order valence-corrected chi connectivity index (χ4v) is 2.17. The zero-order valence-electron chi connectivity index (χ0n) is 12.8. The summed E-state index contributed by atoms with van der Waals surface area (Å²) in [6.07, 6.45) is 0. The molecule has 0 aliphatic heterocycles. The van der Waals surface area contributed by atoms with Gasteiger partial charge in [0.15, 0.2) is 5.75 Å². The number of hydrogen-bond acceptors (Lipinski definition) is 7. The second-order valence-electron chi connectivity index (χ2n) is 4.91. The molecule has 23 heavy (non-hydrogen) atoms. The van der Waals surface area contributed by atoms with Gasteiger partial charge in [-0.2, -0.15) is 0 Å². The minimum absolute atomic E-state index is 0.0805. The van der Waals surface area contributed by atoms with Gasteiger partial charge in [-0.25, -0.2) is 4.79 Å². The van der Waals surface area contributed by atoms with E-state index >= 15 is 0 Å². The summed E-state index contributed by atoms with van der Waals surface area (Å²) in [4.78, 5) is 33.7. The average molecular weight is 324 g/mol. The number of benzene rings is 1. The van der Waals surface area contributed by atoms with Gasteiger partial charge in [0, 0.05) is 26.2 Å². The number of aromatic nitrogens is 2. The number of rotatable bonds is 5. The Morgan fingerprint density at radius 3 is 2.43 bits per heavy atom. The van der Waals surface area contributed by atoms with Gasteiger partial charge < -0.3 is 15.2 Å². The maximum absolute atomic E-state index is 11.9. The van der Waals surface area contributed by atoms with Gasteiger partial charge in [-0.15, -0.1) is 0 Å². The van der Waals surface area contributed by atoms with Crippen LogP contribution in [0.5, 0.6) is 5.75 Å². The molecule has 0 amide bonds. The normalized spacial score (nSPS) is 12.2. The Bertz CT molecular complexity index is 837. The van der Waals surface area contributed by atoms with E-state index in [2.05, 4.69) is 4.74 Å². The van der Waals surface area contributed by atoms with Crippen molar-refractivity contribution in [3.63, 3.8) is 0 Å². The first-order chi connectivity index (χ1) is 10.8. The van der Waals surface area contributed by atoms with Crippen LogP contribution in [0.4, 0.5) is 5.69 Å². The number of nitro groups is 1. The summed E-state index contributed by atoms with van der Waals surface area (Å²) in [7, 11) is 4.24. The summed E-state index contributed by atoms with van der Waals surface area (Å²) >= 11 is 0. The molecule has 0 aliphatic carbocycles. The number of nitrogens with two attached hydrogens (primary N) is 1. The molecule has 1 aromatic carbocycles. The van der Waals surface area contributed by atoms with Crippen LogP contribution in [0.1, 0.15) is 0 Å². The Hall–Kier alpha value is -2.88. The largest absolute Gasteiger partial charge is 0.484 e. The van der Waals surface area contributed by atoms with Gasteiger partial charge in [-0.3, -0.25) is 24.0 Å². The molecule has 0 saturated heterocycles. The fraction of sp³-hybridized carbons (Fsp3) is 0.385. The van der Waals surface area contributed by atoms with Crippen LogP contribution in [0.2, 0.25) is 0 Å². The molecule has 0 fully saturated rings. The molecule has 1 atom stereocenters. The summed E-state index contributed by atoms with van der Waals surface area (Å²) in [5.41, 5.74) is 5.76. The maximum Gasteiger partial charge on any atom is 0.328 e. The van der Waals surface area contributed by atoms with Crippen LogP contribution in [0.25, 0.3) is 11.0 Å². The van der Waals surface area contributed by atoms with Gasteiger partial charge in [0.25, 0.3) is 0 Å². The Kier molecular flexibility index (Phi) is 4.36. The number of aryl methyl sites for hydroxylation is 2. The van der Waals surface area contributed by atoms with Crippen molar-refractivity contribution in [1.29, 1.82) is 0 Å². The van der Waals surface area contributed by atoms with Gasteiger partial charge >= 0.3 is 17.3 Å². The van der Waals surface area contributed by atoms with Crippen LogP contribution in [0.3, 0.4) is 0 Å². The molecule has 2 rings (SSSR count). The molecule has 0 spiro atoms. The first-order valence-corrected chi connectivity index (χ1v) is 6.58. The third-order valence-electron chi connectivity index (χ3n) is 3.47.